The molecule has 2 fully saturated rings. The second kappa shape index (κ2) is 7.89. The second-order valence-electron chi connectivity index (χ2n) is 8.75. The molecule has 7 heteroatoms. The van der Waals surface area contributed by atoms with Crippen molar-refractivity contribution in [1.82, 2.24) is 9.97 Å². The number of ketones is 1. The number of aryl methyl sites for hydroxylation is 1. The molecule has 32 heavy (non-hydrogen) atoms. The van der Waals surface area contributed by atoms with Gasteiger partial charge >= 0.3 is 5.97 Å². The number of rotatable bonds is 8. The Morgan fingerprint density at radius 1 is 1.19 bits per heavy atom. The van der Waals surface area contributed by atoms with Crippen LogP contribution in [0, 0.1) is 24.7 Å². The average molecular weight is 431 g/mol. The standard InChI is InChI=1S/C25H25N3O4/c1-14-8-9-26-22-17(14)4-3-5-20(22)28(13-15-6-7-15)16-10-21(32-2)23(27-12-16)24(29)18-11-19(18)25(30)31/h3-5,8-10,12,15,18-19H,6-7,11,13H2,1-2H3,(H,30,31). The molecule has 3 aromatic rings. The van der Waals surface area contributed by atoms with Crippen molar-refractivity contribution in [3.05, 3.63) is 54.0 Å². The first-order chi connectivity index (χ1) is 15.5. The molecule has 2 saturated carbocycles. The molecule has 2 aromatic heterocycles. The van der Waals surface area contributed by atoms with Gasteiger partial charge in [-0.1, -0.05) is 12.1 Å². The number of hydrogen-bond donors (Lipinski definition) is 1. The number of carbonyl (C=O) groups excluding carboxylic acids is 1. The Kier molecular flexibility index (Phi) is 5.04. The van der Waals surface area contributed by atoms with Gasteiger partial charge in [-0.05, 0) is 49.8 Å². The van der Waals surface area contributed by atoms with Gasteiger partial charge in [-0.15, -0.1) is 0 Å². The molecule has 1 N–H and O–H groups in total. The smallest absolute Gasteiger partial charge is 0.307 e. The summed E-state index contributed by atoms with van der Waals surface area (Å²) in [5.74, 6) is -1.37. The SMILES string of the molecule is COc1cc(N(CC2CC2)c2cccc3c(C)ccnc23)cnc1C(=O)C1CC1C(=O)O. The fourth-order valence-corrected chi connectivity index (χ4v) is 4.27. The third kappa shape index (κ3) is 3.68. The van der Waals surface area contributed by atoms with Crippen molar-refractivity contribution in [2.45, 2.75) is 26.2 Å². The minimum Gasteiger partial charge on any atom is -0.494 e. The van der Waals surface area contributed by atoms with Crippen molar-refractivity contribution in [2.75, 3.05) is 18.6 Å². The molecule has 2 aliphatic rings. The van der Waals surface area contributed by atoms with Crippen LogP contribution in [-0.2, 0) is 4.79 Å². The van der Waals surface area contributed by atoms with Gasteiger partial charge in [0.15, 0.2) is 5.78 Å². The molecule has 7 nitrogen and oxygen atoms in total. The number of carboxylic acids is 1. The lowest BCUT2D eigenvalue weighted by Crippen LogP contribution is -2.21. The molecule has 2 unspecified atom stereocenters. The molecule has 0 saturated heterocycles. The summed E-state index contributed by atoms with van der Waals surface area (Å²) in [5.41, 5.74) is 4.11. The lowest BCUT2D eigenvalue weighted by Gasteiger charge is -2.26. The van der Waals surface area contributed by atoms with E-state index >= 15 is 0 Å². The molecule has 1 aromatic carbocycles. The predicted octanol–water partition coefficient (Wildman–Crippen LogP) is 4.40. The van der Waals surface area contributed by atoms with Gasteiger partial charge in [0, 0.05) is 30.1 Å². The van der Waals surface area contributed by atoms with E-state index < -0.39 is 17.8 Å². The first kappa shape index (κ1) is 20.4. The van der Waals surface area contributed by atoms with Gasteiger partial charge in [0.2, 0.25) is 0 Å². The van der Waals surface area contributed by atoms with E-state index in [1.165, 1.54) is 20.0 Å². The summed E-state index contributed by atoms with van der Waals surface area (Å²) in [6, 6.07) is 10.0. The average Bonchev–Trinajstić information content (AvgIpc) is 3.71. The highest BCUT2D eigenvalue weighted by Crippen LogP contribution is 2.43. The summed E-state index contributed by atoms with van der Waals surface area (Å²) in [6.07, 6.45) is 6.24. The number of nitrogens with zero attached hydrogens (tertiary/aromatic N) is 3. The number of anilines is 2. The van der Waals surface area contributed by atoms with Crippen LogP contribution in [0.1, 0.15) is 35.3 Å². The molecule has 2 atom stereocenters. The van der Waals surface area contributed by atoms with Crippen molar-refractivity contribution in [3.8, 4) is 5.75 Å². The molecular formula is C25H25N3O4. The van der Waals surface area contributed by atoms with Gasteiger partial charge in [0.1, 0.15) is 11.4 Å². The first-order valence-electron chi connectivity index (χ1n) is 10.9. The molecule has 0 aliphatic heterocycles. The van der Waals surface area contributed by atoms with E-state index in [0.29, 0.717) is 18.1 Å². The van der Waals surface area contributed by atoms with E-state index in [9.17, 15) is 9.59 Å². The van der Waals surface area contributed by atoms with Gasteiger partial charge in [-0.2, -0.15) is 0 Å². The van der Waals surface area contributed by atoms with E-state index in [1.54, 1.807) is 6.20 Å². The van der Waals surface area contributed by atoms with Crippen molar-refractivity contribution in [3.63, 3.8) is 0 Å². The minimum absolute atomic E-state index is 0.197. The van der Waals surface area contributed by atoms with Crippen LogP contribution in [-0.4, -0.2) is 40.5 Å². The Morgan fingerprint density at radius 3 is 2.69 bits per heavy atom. The first-order valence-corrected chi connectivity index (χ1v) is 10.9. The number of aliphatic carboxylic acids is 1. The predicted molar refractivity (Wildman–Crippen MR) is 121 cm³/mol. The summed E-state index contributed by atoms with van der Waals surface area (Å²) in [6.45, 7) is 2.91. The van der Waals surface area contributed by atoms with Crippen LogP contribution in [0.3, 0.4) is 0 Å². The molecule has 2 aliphatic carbocycles. The molecule has 0 bridgehead atoms. The summed E-state index contributed by atoms with van der Waals surface area (Å²) >= 11 is 0. The number of ether oxygens (including phenoxy) is 1. The molecule has 164 valence electrons. The van der Waals surface area contributed by atoms with Crippen molar-refractivity contribution >= 4 is 34.0 Å². The van der Waals surface area contributed by atoms with Gasteiger partial charge in [-0.3, -0.25) is 14.6 Å². The number of aromatic nitrogens is 2. The topological polar surface area (TPSA) is 92.6 Å². The lowest BCUT2D eigenvalue weighted by molar-refractivity contribution is -0.138. The van der Waals surface area contributed by atoms with Gasteiger partial charge < -0.3 is 14.7 Å². The normalized spacial score (nSPS) is 19.6. The van der Waals surface area contributed by atoms with Crippen LogP contribution >= 0.6 is 0 Å². The zero-order valence-electron chi connectivity index (χ0n) is 18.1. The van der Waals surface area contributed by atoms with Crippen LogP contribution in [0.25, 0.3) is 10.9 Å². The number of hydrogen-bond acceptors (Lipinski definition) is 6. The molecular weight excluding hydrogens is 406 g/mol. The second-order valence-corrected chi connectivity index (χ2v) is 8.75. The largest absolute Gasteiger partial charge is 0.494 e. The fraction of sp³-hybridized carbons (Fsp3) is 0.360. The number of para-hydroxylation sites is 1. The third-order valence-electron chi connectivity index (χ3n) is 6.44. The summed E-state index contributed by atoms with van der Waals surface area (Å²) < 4.78 is 5.52. The highest BCUT2D eigenvalue weighted by Gasteiger charge is 2.49. The molecule has 0 amide bonds. The van der Waals surface area contributed by atoms with Crippen LogP contribution < -0.4 is 9.64 Å². The molecule has 0 radical (unpaired) electrons. The van der Waals surface area contributed by atoms with Crippen LogP contribution in [0.4, 0.5) is 11.4 Å². The number of methoxy groups -OCH3 is 1. The van der Waals surface area contributed by atoms with Gasteiger partial charge in [0.05, 0.1) is 36.1 Å². The van der Waals surface area contributed by atoms with E-state index in [0.717, 1.165) is 34.4 Å². The molecule has 2 heterocycles. The quantitative estimate of drug-likeness (QED) is 0.529. The number of carbonyl (C=O) groups is 2. The zero-order chi connectivity index (χ0) is 22.4. The van der Waals surface area contributed by atoms with E-state index in [-0.39, 0.29) is 11.5 Å². The minimum atomic E-state index is -0.937. The number of carboxylic acid groups (broad SMARTS) is 1. The fourth-order valence-electron chi connectivity index (χ4n) is 4.27. The lowest BCUT2D eigenvalue weighted by atomic mass is 10.1. The maximum atomic E-state index is 12.8. The van der Waals surface area contributed by atoms with Crippen LogP contribution in [0.2, 0.25) is 0 Å². The number of pyridine rings is 2. The maximum absolute atomic E-state index is 12.8. The highest BCUT2D eigenvalue weighted by molar-refractivity contribution is 6.03. The van der Waals surface area contributed by atoms with Crippen molar-refractivity contribution < 1.29 is 19.4 Å². The van der Waals surface area contributed by atoms with Crippen LogP contribution in [0.15, 0.2) is 42.7 Å². The van der Waals surface area contributed by atoms with E-state index in [1.807, 2.05) is 24.4 Å². The van der Waals surface area contributed by atoms with E-state index in [2.05, 4.69) is 33.9 Å². The van der Waals surface area contributed by atoms with Crippen molar-refractivity contribution in [1.29, 1.82) is 0 Å². The third-order valence-corrected chi connectivity index (χ3v) is 6.44. The number of fused-ring (bicyclic) bond motifs is 1. The highest BCUT2D eigenvalue weighted by atomic mass is 16.5. The van der Waals surface area contributed by atoms with E-state index in [4.69, 9.17) is 9.84 Å². The monoisotopic (exact) mass is 431 g/mol. The van der Waals surface area contributed by atoms with Gasteiger partial charge in [0.25, 0.3) is 0 Å². The van der Waals surface area contributed by atoms with Gasteiger partial charge in [-0.25, -0.2) is 4.98 Å². The van der Waals surface area contributed by atoms with Crippen molar-refractivity contribution in [2.24, 2.45) is 17.8 Å². The number of benzene rings is 1. The Bertz CT molecular complexity index is 1220. The van der Waals surface area contributed by atoms with Crippen LogP contribution in [0.5, 0.6) is 5.75 Å². The Morgan fingerprint density at radius 2 is 2.00 bits per heavy atom. The Balaban J connectivity index is 1.54. The Labute approximate surface area is 186 Å². The molecule has 5 rings (SSSR count). The maximum Gasteiger partial charge on any atom is 0.307 e. The summed E-state index contributed by atoms with van der Waals surface area (Å²) in [7, 11) is 1.51. The number of Topliss-reactive ketones (excluding diaryl/α,β-unsaturated/α-hetero) is 1. The summed E-state index contributed by atoms with van der Waals surface area (Å²) in [4.78, 5) is 35.3. The Hall–Kier alpha value is -3.48. The summed E-state index contributed by atoms with van der Waals surface area (Å²) in [5, 5.41) is 10.3. The molecule has 0 spiro atoms. The zero-order valence-corrected chi connectivity index (χ0v) is 18.1.